The first-order chi connectivity index (χ1) is 6.00. The van der Waals surface area contributed by atoms with Crippen LogP contribution >= 0.6 is 0 Å². The topological polar surface area (TPSA) is 0 Å². The summed E-state index contributed by atoms with van der Waals surface area (Å²) in [5, 5.41) is 0. The maximum atomic E-state index is 2.00. The standard InChI is InChI=1S/C6H12.C6H6.3CH4/c2*1-2-4-6-5-3-1;;;/h1-6H2;1-6H;3*1H4. The van der Waals surface area contributed by atoms with Crippen molar-refractivity contribution in [3.05, 3.63) is 36.4 Å². The second-order valence-corrected chi connectivity index (χ2v) is 3.28. The third-order valence-electron chi connectivity index (χ3n) is 2.17. The molecule has 0 aliphatic heterocycles. The second-order valence-electron chi connectivity index (χ2n) is 3.28. The summed E-state index contributed by atoms with van der Waals surface area (Å²) in [6.07, 6.45) is 9.00. The van der Waals surface area contributed by atoms with Gasteiger partial charge in [0.15, 0.2) is 0 Å². The van der Waals surface area contributed by atoms with Crippen LogP contribution in [-0.2, 0) is 0 Å². The maximum Gasteiger partial charge on any atom is -0.0533 e. The fraction of sp³-hybridized carbons (Fsp3) is 0.600. The molecule has 1 saturated carbocycles. The summed E-state index contributed by atoms with van der Waals surface area (Å²) >= 11 is 0. The lowest BCUT2D eigenvalue weighted by molar-refractivity contribution is 0.504. The van der Waals surface area contributed by atoms with Gasteiger partial charge in [-0.15, -0.1) is 0 Å². The molecule has 0 saturated heterocycles. The Bertz CT molecular complexity index is 124. The molecule has 0 heteroatoms. The number of benzene rings is 1. The van der Waals surface area contributed by atoms with E-state index in [9.17, 15) is 0 Å². The molecule has 0 aromatic heterocycles. The van der Waals surface area contributed by atoms with Gasteiger partial charge in [0.05, 0.1) is 0 Å². The maximum absolute atomic E-state index is 2.00. The van der Waals surface area contributed by atoms with Crippen molar-refractivity contribution in [2.24, 2.45) is 0 Å². The van der Waals surface area contributed by atoms with Crippen molar-refractivity contribution in [2.45, 2.75) is 60.8 Å². The lowest BCUT2D eigenvalue weighted by Gasteiger charge is -2.05. The summed E-state index contributed by atoms with van der Waals surface area (Å²) in [5.41, 5.74) is 0. The van der Waals surface area contributed by atoms with Crippen LogP contribution in [0.25, 0.3) is 0 Å². The van der Waals surface area contributed by atoms with Gasteiger partial charge in [-0.05, 0) is 0 Å². The average molecular weight is 210 g/mol. The van der Waals surface area contributed by atoms with Crippen molar-refractivity contribution >= 4 is 0 Å². The zero-order valence-electron chi connectivity index (χ0n) is 7.71. The summed E-state index contributed by atoms with van der Waals surface area (Å²) in [6.45, 7) is 0. The third-order valence-corrected chi connectivity index (χ3v) is 2.17. The van der Waals surface area contributed by atoms with E-state index in [1.54, 1.807) is 0 Å². The summed E-state index contributed by atoms with van der Waals surface area (Å²) in [4.78, 5) is 0. The van der Waals surface area contributed by atoms with Gasteiger partial charge in [-0.1, -0.05) is 97.2 Å². The van der Waals surface area contributed by atoms with E-state index in [1.807, 2.05) is 36.4 Å². The van der Waals surface area contributed by atoms with Crippen LogP contribution in [0.15, 0.2) is 36.4 Å². The van der Waals surface area contributed by atoms with Crippen LogP contribution in [0.1, 0.15) is 60.8 Å². The van der Waals surface area contributed by atoms with Crippen molar-refractivity contribution in [2.75, 3.05) is 0 Å². The van der Waals surface area contributed by atoms with E-state index in [-0.39, 0.29) is 22.3 Å². The molecule has 1 aliphatic carbocycles. The van der Waals surface area contributed by atoms with Crippen molar-refractivity contribution in [3.63, 3.8) is 0 Å². The lowest BCUT2D eigenvalue weighted by atomic mass is 10.0. The number of hydrogen-bond donors (Lipinski definition) is 0. The molecule has 0 radical (unpaired) electrons. The molecule has 2 rings (SSSR count). The molecule has 15 heavy (non-hydrogen) atoms. The largest absolute Gasteiger partial charge is 0.0776 e. The van der Waals surface area contributed by atoms with Gasteiger partial charge >= 0.3 is 0 Å². The molecule has 0 N–H and O–H groups in total. The van der Waals surface area contributed by atoms with E-state index in [0.717, 1.165) is 0 Å². The van der Waals surface area contributed by atoms with Crippen LogP contribution in [0.5, 0.6) is 0 Å². The Morgan fingerprint density at radius 2 is 0.467 bits per heavy atom. The van der Waals surface area contributed by atoms with Gasteiger partial charge in [-0.3, -0.25) is 0 Å². The molecular formula is C15H30. The first kappa shape index (κ1) is 19.7. The molecule has 0 unspecified atom stereocenters. The highest BCUT2D eigenvalue weighted by molar-refractivity contribution is 4.99. The fourth-order valence-electron chi connectivity index (χ4n) is 1.45. The smallest absolute Gasteiger partial charge is 0.0533 e. The van der Waals surface area contributed by atoms with Gasteiger partial charge in [-0.25, -0.2) is 0 Å². The van der Waals surface area contributed by atoms with Crippen LogP contribution in [0.3, 0.4) is 0 Å². The Labute approximate surface area is 97.7 Å². The van der Waals surface area contributed by atoms with Crippen molar-refractivity contribution in [3.8, 4) is 0 Å². The van der Waals surface area contributed by atoms with Crippen LogP contribution in [0.2, 0.25) is 0 Å². The van der Waals surface area contributed by atoms with E-state index < -0.39 is 0 Å². The lowest BCUT2D eigenvalue weighted by Crippen LogP contribution is -1.85. The Morgan fingerprint density at radius 3 is 0.600 bits per heavy atom. The zero-order chi connectivity index (χ0) is 8.49. The molecule has 0 nitrogen and oxygen atoms in total. The fourth-order valence-corrected chi connectivity index (χ4v) is 1.45. The monoisotopic (exact) mass is 210 g/mol. The third kappa shape index (κ3) is 13.2. The van der Waals surface area contributed by atoms with Gasteiger partial charge < -0.3 is 0 Å². The van der Waals surface area contributed by atoms with Crippen LogP contribution in [0.4, 0.5) is 0 Å². The minimum absolute atomic E-state index is 0. The second kappa shape index (κ2) is 15.7. The van der Waals surface area contributed by atoms with Crippen LogP contribution in [0, 0.1) is 0 Å². The van der Waals surface area contributed by atoms with Gasteiger partial charge in [0.25, 0.3) is 0 Å². The average Bonchev–Trinajstić information content (AvgIpc) is 2.24. The predicted molar refractivity (Wildman–Crippen MR) is 74.3 cm³/mol. The molecule has 1 aromatic rings. The van der Waals surface area contributed by atoms with E-state index in [1.165, 1.54) is 38.5 Å². The summed E-state index contributed by atoms with van der Waals surface area (Å²) in [5.74, 6) is 0. The SMILES string of the molecule is C.C.C.C1CCCCC1.c1ccccc1. The minimum Gasteiger partial charge on any atom is -0.0776 e. The highest BCUT2D eigenvalue weighted by Gasteiger charge is 1.95. The molecular weight excluding hydrogens is 180 g/mol. The van der Waals surface area contributed by atoms with E-state index >= 15 is 0 Å². The predicted octanol–water partition coefficient (Wildman–Crippen LogP) is 5.94. The molecule has 0 atom stereocenters. The summed E-state index contributed by atoms with van der Waals surface area (Å²) < 4.78 is 0. The van der Waals surface area contributed by atoms with Gasteiger partial charge in [0.2, 0.25) is 0 Å². The summed E-state index contributed by atoms with van der Waals surface area (Å²) in [7, 11) is 0. The Balaban J connectivity index is -0.000000160. The van der Waals surface area contributed by atoms with Crippen molar-refractivity contribution < 1.29 is 0 Å². The van der Waals surface area contributed by atoms with E-state index in [4.69, 9.17) is 0 Å². The Kier molecular flexibility index (Phi) is 20.6. The zero-order valence-corrected chi connectivity index (χ0v) is 7.71. The normalized spacial score (nSPS) is 12.8. The molecule has 1 aliphatic rings. The van der Waals surface area contributed by atoms with Crippen molar-refractivity contribution in [1.29, 1.82) is 0 Å². The van der Waals surface area contributed by atoms with E-state index in [2.05, 4.69) is 0 Å². The molecule has 0 spiro atoms. The highest BCUT2D eigenvalue weighted by Crippen LogP contribution is 2.15. The number of hydrogen-bond acceptors (Lipinski definition) is 0. The molecule has 1 fully saturated rings. The molecule has 90 valence electrons. The minimum atomic E-state index is 0. The van der Waals surface area contributed by atoms with E-state index in [0.29, 0.717) is 0 Å². The quantitative estimate of drug-likeness (QED) is 0.497. The molecule has 0 bridgehead atoms. The molecule has 0 heterocycles. The Hall–Kier alpha value is -0.780. The first-order valence-electron chi connectivity index (χ1n) is 5.00. The first-order valence-corrected chi connectivity index (χ1v) is 5.00. The highest BCUT2D eigenvalue weighted by atomic mass is 14.0. The van der Waals surface area contributed by atoms with Gasteiger partial charge in [0.1, 0.15) is 0 Å². The Morgan fingerprint density at radius 1 is 0.333 bits per heavy atom. The summed E-state index contributed by atoms with van der Waals surface area (Å²) in [6, 6.07) is 12.0. The van der Waals surface area contributed by atoms with Gasteiger partial charge in [0, 0.05) is 0 Å². The van der Waals surface area contributed by atoms with Gasteiger partial charge in [-0.2, -0.15) is 0 Å². The molecule has 0 amide bonds. The number of rotatable bonds is 0. The van der Waals surface area contributed by atoms with Crippen LogP contribution < -0.4 is 0 Å². The molecule has 1 aromatic carbocycles. The van der Waals surface area contributed by atoms with Crippen LogP contribution in [-0.4, -0.2) is 0 Å². The van der Waals surface area contributed by atoms with Crippen molar-refractivity contribution in [1.82, 2.24) is 0 Å².